The third-order valence-electron chi connectivity index (χ3n) is 2.59. The van der Waals surface area contributed by atoms with E-state index in [0.29, 0.717) is 0 Å². The van der Waals surface area contributed by atoms with E-state index in [4.69, 9.17) is 9.47 Å². The van der Waals surface area contributed by atoms with Crippen molar-refractivity contribution in [2.24, 2.45) is 0 Å². The van der Waals surface area contributed by atoms with Crippen LogP contribution in [0, 0.1) is 0 Å². The highest BCUT2D eigenvalue weighted by Gasteiger charge is 2.44. The molecule has 0 aliphatic carbocycles. The molecule has 0 spiro atoms. The molecule has 2 rings (SSSR count). The molecule has 2 unspecified atom stereocenters. The van der Waals surface area contributed by atoms with Crippen molar-refractivity contribution in [3.63, 3.8) is 0 Å². The average molecular weight is 240 g/mol. The van der Waals surface area contributed by atoms with E-state index in [1.807, 2.05) is 0 Å². The fourth-order valence-corrected chi connectivity index (χ4v) is 1.79. The monoisotopic (exact) mass is 240 g/mol. The van der Waals surface area contributed by atoms with Gasteiger partial charge in [0.05, 0.1) is 20.5 Å². The number of fused-ring (bicyclic) bond motifs is 1. The van der Waals surface area contributed by atoms with E-state index in [-0.39, 0.29) is 23.9 Å². The van der Waals surface area contributed by atoms with Gasteiger partial charge in [-0.3, -0.25) is 4.79 Å². The summed E-state index contributed by atoms with van der Waals surface area (Å²) >= 11 is 0. The lowest BCUT2D eigenvalue weighted by molar-refractivity contribution is -0.140. The van der Waals surface area contributed by atoms with Crippen molar-refractivity contribution in [3.05, 3.63) is 23.7 Å². The quantitative estimate of drug-likeness (QED) is 0.660. The topological polar surface area (TPSA) is 71.1 Å². The highest BCUT2D eigenvalue weighted by molar-refractivity contribution is 5.92. The molecule has 0 aromatic carbocycles. The van der Waals surface area contributed by atoms with E-state index in [9.17, 15) is 9.59 Å². The van der Waals surface area contributed by atoms with Crippen LogP contribution >= 0.6 is 0 Å². The van der Waals surface area contributed by atoms with Gasteiger partial charge in [-0.1, -0.05) is 0 Å². The highest BCUT2D eigenvalue weighted by atomic mass is 16.6. The molecule has 0 saturated heterocycles. The Morgan fingerprint density at radius 3 is 2.76 bits per heavy atom. The predicted molar refractivity (Wildman–Crippen MR) is 54.6 cm³/mol. The molecule has 17 heavy (non-hydrogen) atoms. The lowest BCUT2D eigenvalue weighted by atomic mass is 10.1. The van der Waals surface area contributed by atoms with Gasteiger partial charge in [0.25, 0.3) is 0 Å². The number of esters is 2. The van der Waals surface area contributed by atoms with E-state index in [2.05, 4.69) is 9.47 Å². The minimum atomic E-state index is -0.555. The zero-order valence-electron chi connectivity index (χ0n) is 9.47. The Bertz CT molecular complexity index is 408. The number of carbonyl (C=O) groups excluding carboxylic acids is 2. The Labute approximate surface area is 97.8 Å². The molecule has 2 aliphatic heterocycles. The minimum Gasteiger partial charge on any atom is -0.489 e. The van der Waals surface area contributed by atoms with Gasteiger partial charge in [-0.15, -0.1) is 0 Å². The molecule has 6 nitrogen and oxygen atoms in total. The number of hydrogen-bond acceptors (Lipinski definition) is 6. The Morgan fingerprint density at radius 1 is 1.35 bits per heavy atom. The first-order valence-electron chi connectivity index (χ1n) is 5.04. The molecule has 0 bridgehead atoms. The van der Waals surface area contributed by atoms with Gasteiger partial charge in [0.15, 0.2) is 12.2 Å². The van der Waals surface area contributed by atoms with Crippen molar-refractivity contribution in [2.75, 3.05) is 14.2 Å². The molecule has 0 saturated carbocycles. The summed E-state index contributed by atoms with van der Waals surface area (Å²) in [6.45, 7) is 0. The second-order valence-electron chi connectivity index (χ2n) is 3.55. The maximum Gasteiger partial charge on any atom is 0.341 e. The maximum absolute atomic E-state index is 11.6. The number of hydrogen-bond donors (Lipinski definition) is 0. The lowest BCUT2D eigenvalue weighted by Gasteiger charge is -2.09. The van der Waals surface area contributed by atoms with E-state index in [1.165, 1.54) is 20.5 Å². The SMILES string of the molecule is COC(=O)CC1=C(C(=O)OC)C2OC=CC2O1. The number of carbonyl (C=O) groups is 2. The molecule has 0 aromatic heterocycles. The van der Waals surface area contributed by atoms with Crippen LogP contribution in [0.4, 0.5) is 0 Å². The van der Waals surface area contributed by atoms with Crippen molar-refractivity contribution in [2.45, 2.75) is 18.6 Å². The molecule has 0 aromatic rings. The van der Waals surface area contributed by atoms with Crippen LogP contribution in [-0.2, 0) is 28.5 Å². The molecule has 92 valence electrons. The van der Waals surface area contributed by atoms with Gasteiger partial charge in [0, 0.05) is 0 Å². The summed E-state index contributed by atoms with van der Waals surface area (Å²) in [6, 6.07) is 0. The third-order valence-corrected chi connectivity index (χ3v) is 2.59. The fraction of sp³-hybridized carbons (Fsp3) is 0.455. The standard InChI is InChI=1S/C11H12O6/c1-14-8(12)5-7-9(11(13)15-2)10-6(17-7)3-4-16-10/h3-4,6,10H,5H2,1-2H3. The van der Waals surface area contributed by atoms with Gasteiger partial charge >= 0.3 is 11.9 Å². The fourth-order valence-electron chi connectivity index (χ4n) is 1.79. The van der Waals surface area contributed by atoms with Crippen molar-refractivity contribution in [1.29, 1.82) is 0 Å². The average Bonchev–Trinajstić information content (AvgIpc) is 2.87. The minimum absolute atomic E-state index is 0.106. The first kappa shape index (κ1) is 11.5. The van der Waals surface area contributed by atoms with Crippen molar-refractivity contribution >= 4 is 11.9 Å². The molecule has 0 fully saturated rings. The highest BCUT2D eigenvalue weighted by Crippen LogP contribution is 2.34. The van der Waals surface area contributed by atoms with E-state index >= 15 is 0 Å². The smallest absolute Gasteiger partial charge is 0.341 e. The Hall–Kier alpha value is -1.98. The lowest BCUT2D eigenvalue weighted by Crippen LogP contribution is -2.24. The van der Waals surface area contributed by atoms with Gasteiger partial charge in [0.2, 0.25) is 0 Å². The summed E-state index contributed by atoms with van der Waals surface area (Å²) < 4.78 is 19.9. The predicted octanol–water partition coefficient (Wildman–Crippen LogP) is 0.288. The number of methoxy groups -OCH3 is 2. The van der Waals surface area contributed by atoms with Gasteiger partial charge in [0.1, 0.15) is 17.8 Å². The molecule has 2 heterocycles. The molecule has 0 amide bonds. The van der Waals surface area contributed by atoms with Crippen LogP contribution in [0.1, 0.15) is 6.42 Å². The van der Waals surface area contributed by atoms with Gasteiger partial charge in [-0.2, -0.15) is 0 Å². The summed E-state index contributed by atoms with van der Waals surface area (Å²) in [4.78, 5) is 22.8. The maximum atomic E-state index is 11.6. The van der Waals surface area contributed by atoms with E-state index < -0.39 is 18.0 Å². The van der Waals surface area contributed by atoms with Crippen LogP contribution in [0.5, 0.6) is 0 Å². The Balaban J connectivity index is 2.24. The van der Waals surface area contributed by atoms with Gasteiger partial charge in [-0.05, 0) is 6.08 Å². The second-order valence-corrected chi connectivity index (χ2v) is 3.55. The molecule has 0 radical (unpaired) electrons. The molecule has 2 atom stereocenters. The largest absolute Gasteiger partial charge is 0.489 e. The zero-order chi connectivity index (χ0) is 12.4. The Morgan fingerprint density at radius 2 is 2.12 bits per heavy atom. The third kappa shape index (κ3) is 1.98. The molecule has 0 N–H and O–H groups in total. The van der Waals surface area contributed by atoms with Crippen LogP contribution in [0.15, 0.2) is 23.7 Å². The van der Waals surface area contributed by atoms with E-state index in [1.54, 1.807) is 6.08 Å². The van der Waals surface area contributed by atoms with E-state index in [0.717, 1.165) is 0 Å². The second kappa shape index (κ2) is 4.48. The summed E-state index contributed by atoms with van der Waals surface area (Å²) in [5.41, 5.74) is 0.243. The van der Waals surface area contributed by atoms with Gasteiger partial charge < -0.3 is 18.9 Å². The molecule has 6 heteroatoms. The number of rotatable bonds is 3. The van der Waals surface area contributed by atoms with Crippen LogP contribution < -0.4 is 0 Å². The summed E-state index contributed by atoms with van der Waals surface area (Å²) in [5, 5.41) is 0. The van der Waals surface area contributed by atoms with Crippen molar-refractivity contribution in [3.8, 4) is 0 Å². The number of ether oxygens (including phenoxy) is 4. The first-order chi connectivity index (χ1) is 8.17. The van der Waals surface area contributed by atoms with Crippen molar-refractivity contribution in [1.82, 2.24) is 0 Å². The summed E-state index contributed by atoms with van der Waals surface area (Å²) in [7, 11) is 2.54. The Kier molecular flexibility index (Phi) is 3.03. The van der Waals surface area contributed by atoms with Crippen LogP contribution in [0.3, 0.4) is 0 Å². The normalized spacial score (nSPS) is 25.1. The molecular formula is C11H12O6. The van der Waals surface area contributed by atoms with Crippen LogP contribution in [-0.4, -0.2) is 38.4 Å². The van der Waals surface area contributed by atoms with Gasteiger partial charge in [-0.25, -0.2) is 4.79 Å². The van der Waals surface area contributed by atoms with Crippen molar-refractivity contribution < 1.29 is 28.5 Å². The summed E-state index contributed by atoms with van der Waals surface area (Å²) in [6.07, 6.45) is 2.14. The first-order valence-corrected chi connectivity index (χ1v) is 5.04. The summed E-state index contributed by atoms with van der Waals surface area (Å²) in [5.74, 6) is -0.784. The zero-order valence-corrected chi connectivity index (χ0v) is 9.47. The molecule has 2 aliphatic rings. The molecular weight excluding hydrogens is 228 g/mol. The van der Waals surface area contributed by atoms with Crippen LogP contribution in [0.25, 0.3) is 0 Å². The van der Waals surface area contributed by atoms with Crippen LogP contribution in [0.2, 0.25) is 0 Å².